The summed E-state index contributed by atoms with van der Waals surface area (Å²) in [7, 11) is 0. The predicted molar refractivity (Wildman–Crippen MR) is 110 cm³/mol. The lowest BCUT2D eigenvalue weighted by Gasteiger charge is -2.13. The molecule has 3 aromatic heterocycles. The van der Waals surface area contributed by atoms with Gasteiger partial charge >= 0.3 is 0 Å². The van der Waals surface area contributed by atoms with Crippen LogP contribution in [0.1, 0.15) is 22.7 Å². The highest BCUT2D eigenvalue weighted by atomic mass is 32.2. The molecule has 27 heavy (non-hydrogen) atoms. The summed E-state index contributed by atoms with van der Waals surface area (Å²) in [5, 5.41) is 4.09. The molecule has 0 bridgehead atoms. The number of thioether (sulfide) groups is 1. The van der Waals surface area contributed by atoms with E-state index in [0.29, 0.717) is 14.9 Å². The zero-order valence-electron chi connectivity index (χ0n) is 15.0. The SMILES string of the molecule is Cc1cc(-n2c(C)cc(/C=C3\SC(=S)N(c4cccnc4)C3=O)c2C)no1. The number of hydrogen-bond donors (Lipinski definition) is 0. The van der Waals surface area contributed by atoms with Crippen molar-refractivity contribution in [1.29, 1.82) is 0 Å². The van der Waals surface area contributed by atoms with Gasteiger partial charge in [-0.2, -0.15) is 0 Å². The highest BCUT2D eigenvalue weighted by Crippen LogP contribution is 2.36. The van der Waals surface area contributed by atoms with Crippen molar-refractivity contribution < 1.29 is 9.32 Å². The fourth-order valence-corrected chi connectivity index (χ4v) is 4.35. The lowest BCUT2D eigenvalue weighted by molar-refractivity contribution is -0.113. The van der Waals surface area contributed by atoms with Gasteiger partial charge < -0.3 is 4.52 Å². The van der Waals surface area contributed by atoms with Crippen molar-refractivity contribution in [2.45, 2.75) is 20.8 Å². The first-order valence-electron chi connectivity index (χ1n) is 8.26. The maximum Gasteiger partial charge on any atom is 0.270 e. The molecular weight excluding hydrogens is 380 g/mol. The highest BCUT2D eigenvalue weighted by Gasteiger charge is 2.33. The van der Waals surface area contributed by atoms with Crippen molar-refractivity contribution in [2.75, 3.05) is 4.90 Å². The summed E-state index contributed by atoms with van der Waals surface area (Å²) in [5.41, 5.74) is 3.61. The molecule has 0 atom stereocenters. The van der Waals surface area contributed by atoms with E-state index in [0.717, 1.165) is 28.5 Å². The number of amides is 1. The molecule has 8 heteroatoms. The molecule has 0 spiro atoms. The van der Waals surface area contributed by atoms with Gasteiger partial charge in [-0.3, -0.25) is 19.2 Å². The van der Waals surface area contributed by atoms with Crippen molar-refractivity contribution in [3.63, 3.8) is 0 Å². The van der Waals surface area contributed by atoms with Gasteiger partial charge in [0.15, 0.2) is 10.1 Å². The van der Waals surface area contributed by atoms with Crippen molar-refractivity contribution in [3.8, 4) is 5.82 Å². The second-order valence-electron chi connectivity index (χ2n) is 6.19. The number of aromatic nitrogens is 3. The molecular formula is C19H16N4O2S2. The van der Waals surface area contributed by atoms with Gasteiger partial charge in [0, 0.05) is 23.7 Å². The van der Waals surface area contributed by atoms with Crippen LogP contribution in [0.5, 0.6) is 0 Å². The van der Waals surface area contributed by atoms with Crippen LogP contribution in [-0.2, 0) is 4.79 Å². The smallest absolute Gasteiger partial charge is 0.270 e. The molecule has 0 N–H and O–H groups in total. The fourth-order valence-electron chi connectivity index (χ4n) is 3.06. The Kier molecular flexibility index (Phi) is 4.45. The molecule has 6 nitrogen and oxygen atoms in total. The molecule has 1 amide bonds. The summed E-state index contributed by atoms with van der Waals surface area (Å²) in [4.78, 5) is 19.1. The Bertz CT molecular complexity index is 1080. The molecule has 136 valence electrons. The third kappa shape index (κ3) is 3.11. The first-order chi connectivity index (χ1) is 13.0. The number of rotatable bonds is 3. The number of pyridine rings is 1. The zero-order valence-corrected chi connectivity index (χ0v) is 16.6. The van der Waals surface area contributed by atoms with Gasteiger partial charge in [-0.1, -0.05) is 29.1 Å². The van der Waals surface area contributed by atoms with Crippen molar-refractivity contribution in [1.82, 2.24) is 14.7 Å². The van der Waals surface area contributed by atoms with E-state index in [2.05, 4.69) is 10.1 Å². The average Bonchev–Trinajstić information content (AvgIpc) is 3.26. The summed E-state index contributed by atoms with van der Waals surface area (Å²) >= 11 is 6.70. The van der Waals surface area contributed by atoms with Crippen molar-refractivity contribution in [3.05, 3.63) is 64.3 Å². The Hall–Kier alpha value is -2.71. The molecule has 1 saturated heterocycles. The van der Waals surface area contributed by atoms with E-state index in [-0.39, 0.29) is 5.91 Å². The van der Waals surface area contributed by atoms with Crippen LogP contribution in [-0.4, -0.2) is 24.9 Å². The van der Waals surface area contributed by atoms with Crippen LogP contribution in [0.3, 0.4) is 0 Å². The van der Waals surface area contributed by atoms with E-state index < -0.39 is 0 Å². The van der Waals surface area contributed by atoms with E-state index in [4.69, 9.17) is 16.7 Å². The van der Waals surface area contributed by atoms with Crippen LogP contribution < -0.4 is 4.90 Å². The molecule has 1 fully saturated rings. The van der Waals surface area contributed by atoms with E-state index in [1.54, 1.807) is 18.5 Å². The number of anilines is 1. The van der Waals surface area contributed by atoms with Gasteiger partial charge in [0.25, 0.3) is 5.91 Å². The molecule has 4 heterocycles. The number of hydrogen-bond acceptors (Lipinski definition) is 6. The largest absolute Gasteiger partial charge is 0.360 e. The van der Waals surface area contributed by atoms with E-state index >= 15 is 0 Å². The molecule has 3 aromatic rings. The molecule has 0 saturated carbocycles. The summed E-state index contributed by atoms with van der Waals surface area (Å²) in [6.07, 6.45) is 5.17. The Morgan fingerprint density at radius 3 is 2.74 bits per heavy atom. The zero-order chi connectivity index (χ0) is 19.1. The lowest BCUT2D eigenvalue weighted by Crippen LogP contribution is -2.27. The fraction of sp³-hybridized carbons (Fsp3) is 0.158. The van der Waals surface area contributed by atoms with E-state index in [9.17, 15) is 4.79 Å². The van der Waals surface area contributed by atoms with Gasteiger partial charge in [0.1, 0.15) is 5.76 Å². The van der Waals surface area contributed by atoms with Gasteiger partial charge in [0.05, 0.1) is 16.8 Å². The van der Waals surface area contributed by atoms with Gasteiger partial charge in [-0.15, -0.1) is 0 Å². The van der Waals surface area contributed by atoms with Crippen LogP contribution in [0.2, 0.25) is 0 Å². The first-order valence-corrected chi connectivity index (χ1v) is 9.49. The van der Waals surface area contributed by atoms with Crippen LogP contribution in [0, 0.1) is 20.8 Å². The summed E-state index contributed by atoms with van der Waals surface area (Å²) < 4.78 is 7.70. The minimum Gasteiger partial charge on any atom is -0.360 e. The second-order valence-corrected chi connectivity index (χ2v) is 7.86. The minimum absolute atomic E-state index is 0.139. The van der Waals surface area contributed by atoms with Crippen molar-refractivity contribution >= 4 is 46.0 Å². The summed E-state index contributed by atoms with van der Waals surface area (Å²) in [6.45, 7) is 5.84. The monoisotopic (exact) mass is 396 g/mol. The maximum atomic E-state index is 12.9. The first kappa shape index (κ1) is 17.7. The van der Waals surface area contributed by atoms with Crippen LogP contribution in [0.25, 0.3) is 11.9 Å². The maximum absolute atomic E-state index is 12.9. The number of carbonyl (C=O) groups excluding carboxylic acids is 1. The average molecular weight is 396 g/mol. The van der Waals surface area contributed by atoms with Crippen LogP contribution >= 0.6 is 24.0 Å². The topological polar surface area (TPSA) is 64.2 Å². The predicted octanol–water partition coefficient (Wildman–Crippen LogP) is 4.19. The van der Waals surface area contributed by atoms with E-state index in [1.807, 2.05) is 49.6 Å². The Morgan fingerprint density at radius 2 is 2.07 bits per heavy atom. The summed E-state index contributed by atoms with van der Waals surface area (Å²) in [5.74, 6) is 1.33. The molecule has 4 rings (SSSR count). The van der Waals surface area contributed by atoms with Crippen LogP contribution in [0.15, 0.2) is 46.1 Å². The Balaban J connectivity index is 1.71. The molecule has 0 unspecified atom stereocenters. The molecule has 0 aromatic carbocycles. The summed E-state index contributed by atoms with van der Waals surface area (Å²) in [6, 6.07) is 7.51. The number of carbonyl (C=O) groups is 1. The third-order valence-corrected chi connectivity index (χ3v) is 5.60. The molecule has 0 aliphatic carbocycles. The Morgan fingerprint density at radius 1 is 1.26 bits per heavy atom. The van der Waals surface area contributed by atoms with Crippen molar-refractivity contribution in [2.24, 2.45) is 0 Å². The normalized spacial score (nSPS) is 16.0. The lowest BCUT2D eigenvalue weighted by atomic mass is 10.2. The third-order valence-electron chi connectivity index (χ3n) is 4.30. The van der Waals surface area contributed by atoms with Gasteiger partial charge in [-0.05, 0) is 50.6 Å². The highest BCUT2D eigenvalue weighted by molar-refractivity contribution is 8.27. The van der Waals surface area contributed by atoms with E-state index in [1.165, 1.54) is 16.7 Å². The quantitative estimate of drug-likeness (QED) is 0.489. The molecule has 1 aliphatic heterocycles. The number of aryl methyl sites for hydroxylation is 2. The number of nitrogens with zero attached hydrogens (tertiary/aromatic N) is 4. The van der Waals surface area contributed by atoms with Gasteiger partial charge in [0.2, 0.25) is 0 Å². The van der Waals surface area contributed by atoms with Gasteiger partial charge in [-0.25, -0.2) is 0 Å². The second kappa shape index (κ2) is 6.79. The Labute approximate surface area is 165 Å². The minimum atomic E-state index is -0.139. The standard InChI is InChI=1S/C19H16N4O2S2/c1-11-7-14(13(3)22(11)17-8-12(2)25-21-17)9-16-18(24)23(19(26)27-16)15-5-4-6-20-10-15/h4-10H,1-3H3/b16-9-. The number of thiocarbonyl (C=S) groups is 1. The van der Waals surface area contributed by atoms with Crippen LogP contribution in [0.4, 0.5) is 5.69 Å². The molecule has 1 aliphatic rings. The molecule has 0 radical (unpaired) electrons.